The first-order valence-corrected chi connectivity index (χ1v) is 6.88. The number of imidazole rings is 1. The van der Waals surface area contributed by atoms with Crippen LogP contribution >= 0.6 is 0 Å². The third-order valence-corrected chi connectivity index (χ3v) is 3.87. The lowest BCUT2D eigenvalue weighted by Gasteiger charge is -2.33. The molecular formula is C14H15F2N3O2. The van der Waals surface area contributed by atoms with Crippen LogP contribution < -0.4 is 0 Å². The van der Waals surface area contributed by atoms with E-state index in [-0.39, 0.29) is 6.04 Å². The van der Waals surface area contributed by atoms with Crippen molar-refractivity contribution in [1.82, 2.24) is 14.9 Å². The predicted octanol–water partition coefficient (Wildman–Crippen LogP) is 2.92. The SMILES string of the molecule is O=C(O)N1CCCCC1Cc1nc2cc(F)c(F)cc2[nH]1. The zero-order valence-corrected chi connectivity index (χ0v) is 11.3. The molecule has 1 aliphatic heterocycles. The number of hydrogen-bond donors (Lipinski definition) is 2. The maximum atomic E-state index is 13.2. The van der Waals surface area contributed by atoms with E-state index >= 15 is 0 Å². The van der Waals surface area contributed by atoms with Gasteiger partial charge >= 0.3 is 6.09 Å². The van der Waals surface area contributed by atoms with Gasteiger partial charge in [0.25, 0.3) is 0 Å². The van der Waals surface area contributed by atoms with Crippen LogP contribution in [0.5, 0.6) is 0 Å². The Bertz CT molecular complexity index is 647. The van der Waals surface area contributed by atoms with Crippen molar-refractivity contribution in [2.24, 2.45) is 0 Å². The van der Waals surface area contributed by atoms with Crippen molar-refractivity contribution in [3.63, 3.8) is 0 Å². The summed E-state index contributed by atoms with van der Waals surface area (Å²) in [6, 6.07) is 1.96. The second-order valence-electron chi connectivity index (χ2n) is 5.30. The fourth-order valence-electron chi connectivity index (χ4n) is 2.84. The zero-order valence-electron chi connectivity index (χ0n) is 11.3. The zero-order chi connectivity index (χ0) is 15.0. The molecule has 0 saturated carbocycles. The quantitative estimate of drug-likeness (QED) is 0.895. The number of carbonyl (C=O) groups is 1. The standard InChI is InChI=1S/C14H15F2N3O2/c15-9-6-11-12(7-10(9)16)18-13(17-11)5-8-3-1-2-4-19(8)14(20)21/h6-8H,1-5H2,(H,17,18)(H,20,21). The van der Waals surface area contributed by atoms with Crippen LogP contribution in [0.15, 0.2) is 12.1 Å². The molecule has 3 rings (SSSR count). The van der Waals surface area contributed by atoms with E-state index in [4.69, 9.17) is 0 Å². The molecule has 1 unspecified atom stereocenters. The van der Waals surface area contributed by atoms with E-state index in [9.17, 15) is 18.7 Å². The highest BCUT2D eigenvalue weighted by Gasteiger charge is 2.27. The topological polar surface area (TPSA) is 69.2 Å². The number of piperidine rings is 1. The predicted molar refractivity (Wildman–Crippen MR) is 72.1 cm³/mol. The smallest absolute Gasteiger partial charge is 0.407 e. The van der Waals surface area contributed by atoms with Crippen LogP contribution in [0.1, 0.15) is 25.1 Å². The van der Waals surface area contributed by atoms with E-state index in [0.29, 0.717) is 29.8 Å². The van der Waals surface area contributed by atoms with Gasteiger partial charge in [-0.1, -0.05) is 0 Å². The molecule has 1 aromatic carbocycles. The Labute approximate surface area is 119 Å². The number of amides is 1. The van der Waals surface area contributed by atoms with E-state index in [1.807, 2.05) is 0 Å². The highest BCUT2D eigenvalue weighted by atomic mass is 19.2. The average molecular weight is 295 g/mol. The van der Waals surface area contributed by atoms with Gasteiger partial charge in [-0.25, -0.2) is 18.6 Å². The van der Waals surface area contributed by atoms with Gasteiger partial charge in [-0.2, -0.15) is 0 Å². The molecule has 1 saturated heterocycles. The Morgan fingerprint density at radius 2 is 2.14 bits per heavy atom. The number of carboxylic acid groups (broad SMARTS) is 1. The second kappa shape index (κ2) is 5.31. The summed E-state index contributed by atoms with van der Waals surface area (Å²) in [6.45, 7) is 0.517. The highest BCUT2D eigenvalue weighted by Crippen LogP contribution is 2.22. The normalized spacial score (nSPS) is 19.1. The number of benzene rings is 1. The Hall–Kier alpha value is -2.18. The molecule has 5 nitrogen and oxygen atoms in total. The summed E-state index contributed by atoms with van der Waals surface area (Å²) in [4.78, 5) is 19.8. The van der Waals surface area contributed by atoms with Gasteiger partial charge in [0.2, 0.25) is 0 Å². The van der Waals surface area contributed by atoms with E-state index in [2.05, 4.69) is 9.97 Å². The van der Waals surface area contributed by atoms with Gasteiger partial charge in [0.15, 0.2) is 11.6 Å². The number of hydrogen-bond acceptors (Lipinski definition) is 2. The largest absolute Gasteiger partial charge is 0.465 e. The van der Waals surface area contributed by atoms with Gasteiger partial charge in [-0.05, 0) is 19.3 Å². The molecule has 2 N–H and O–H groups in total. The van der Waals surface area contributed by atoms with Crippen molar-refractivity contribution in [3.05, 3.63) is 29.6 Å². The van der Waals surface area contributed by atoms with Crippen molar-refractivity contribution in [2.45, 2.75) is 31.7 Å². The summed E-state index contributed by atoms with van der Waals surface area (Å²) >= 11 is 0. The number of H-pyrrole nitrogens is 1. The van der Waals surface area contributed by atoms with Crippen LogP contribution in [0.4, 0.5) is 13.6 Å². The summed E-state index contributed by atoms with van der Waals surface area (Å²) in [5.41, 5.74) is 0.767. The van der Waals surface area contributed by atoms with Crippen LogP contribution in [0.2, 0.25) is 0 Å². The van der Waals surface area contributed by atoms with E-state index in [1.54, 1.807) is 0 Å². The summed E-state index contributed by atoms with van der Waals surface area (Å²) in [5, 5.41) is 9.20. The van der Waals surface area contributed by atoms with E-state index < -0.39 is 17.7 Å². The van der Waals surface area contributed by atoms with Gasteiger partial charge < -0.3 is 15.0 Å². The molecule has 1 aromatic heterocycles. The number of aromatic nitrogens is 2. The van der Waals surface area contributed by atoms with Gasteiger partial charge in [0.05, 0.1) is 11.0 Å². The first-order valence-electron chi connectivity index (χ1n) is 6.88. The third kappa shape index (κ3) is 2.68. The molecule has 1 aliphatic rings. The van der Waals surface area contributed by atoms with Gasteiger partial charge in [-0.3, -0.25) is 0 Å². The van der Waals surface area contributed by atoms with Crippen molar-refractivity contribution in [3.8, 4) is 0 Å². The molecular weight excluding hydrogens is 280 g/mol. The van der Waals surface area contributed by atoms with E-state index in [1.165, 1.54) is 4.90 Å². The molecule has 0 radical (unpaired) electrons. The fraction of sp³-hybridized carbons (Fsp3) is 0.429. The lowest BCUT2D eigenvalue weighted by molar-refractivity contribution is 0.106. The average Bonchev–Trinajstić information content (AvgIpc) is 2.81. The fourth-order valence-corrected chi connectivity index (χ4v) is 2.84. The summed E-state index contributed by atoms with van der Waals surface area (Å²) in [5.74, 6) is -1.32. The van der Waals surface area contributed by atoms with Crippen molar-refractivity contribution in [2.75, 3.05) is 6.54 Å². The number of halogens is 2. The lowest BCUT2D eigenvalue weighted by atomic mass is 10.00. The molecule has 0 bridgehead atoms. The molecule has 1 amide bonds. The number of nitrogens with zero attached hydrogens (tertiary/aromatic N) is 2. The minimum absolute atomic E-state index is 0.147. The highest BCUT2D eigenvalue weighted by molar-refractivity contribution is 5.75. The second-order valence-corrected chi connectivity index (χ2v) is 5.30. The summed E-state index contributed by atoms with van der Waals surface area (Å²) in [7, 11) is 0. The summed E-state index contributed by atoms with van der Waals surface area (Å²) in [6.07, 6.45) is 2.08. The van der Waals surface area contributed by atoms with Gasteiger partial charge in [-0.15, -0.1) is 0 Å². The first kappa shape index (κ1) is 13.8. The Morgan fingerprint density at radius 1 is 1.38 bits per heavy atom. The maximum Gasteiger partial charge on any atom is 0.407 e. The molecule has 7 heteroatoms. The van der Waals surface area contributed by atoms with E-state index in [0.717, 1.165) is 31.4 Å². The van der Waals surface area contributed by atoms with Gasteiger partial charge in [0.1, 0.15) is 5.82 Å². The minimum Gasteiger partial charge on any atom is -0.465 e. The van der Waals surface area contributed by atoms with Crippen LogP contribution in [0.25, 0.3) is 11.0 Å². The number of rotatable bonds is 2. The van der Waals surface area contributed by atoms with Crippen molar-refractivity contribution < 1.29 is 18.7 Å². The Morgan fingerprint density at radius 3 is 2.90 bits per heavy atom. The van der Waals surface area contributed by atoms with Crippen molar-refractivity contribution >= 4 is 17.1 Å². The maximum absolute atomic E-state index is 13.2. The van der Waals surface area contributed by atoms with Crippen LogP contribution in [-0.2, 0) is 6.42 Å². The Kier molecular flexibility index (Phi) is 3.48. The minimum atomic E-state index is -0.939. The molecule has 1 atom stereocenters. The molecule has 1 fully saturated rings. The molecule has 112 valence electrons. The number of aromatic amines is 1. The molecule has 2 aromatic rings. The van der Waals surface area contributed by atoms with Crippen molar-refractivity contribution in [1.29, 1.82) is 0 Å². The van der Waals surface area contributed by atoms with Gasteiger partial charge in [0, 0.05) is 31.1 Å². The summed E-state index contributed by atoms with van der Waals surface area (Å²) < 4.78 is 26.3. The third-order valence-electron chi connectivity index (χ3n) is 3.87. The lowest BCUT2D eigenvalue weighted by Crippen LogP contribution is -2.44. The molecule has 0 aliphatic carbocycles. The van der Waals surface area contributed by atoms with Crippen LogP contribution in [-0.4, -0.2) is 38.7 Å². The number of likely N-dealkylation sites (tertiary alicyclic amines) is 1. The number of fused-ring (bicyclic) bond motifs is 1. The molecule has 21 heavy (non-hydrogen) atoms. The first-order chi connectivity index (χ1) is 10.0. The number of nitrogens with one attached hydrogen (secondary N) is 1. The molecule has 2 heterocycles. The van der Waals surface area contributed by atoms with Crippen LogP contribution in [0, 0.1) is 11.6 Å². The molecule has 0 spiro atoms. The monoisotopic (exact) mass is 295 g/mol. The van der Waals surface area contributed by atoms with Crippen LogP contribution in [0.3, 0.4) is 0 Å². The Balaban J connectivity index is 1.85.